The van der Waals surface area contributed by atoms with Gasteiger partial charge >= 0.3 is 0 Å². The van der Waals surface area contributed by atoms with Crippen molar-refractivity contribution in [1.29, 1.82) is 0 Å². The van der Waals surface area contributed by atoms with Crippen molar-refractivity contribution >= 4 is 44.5 Å². The highest BCUT2D eigenvalue weighted by molar-refractivity contribution is 9.10. The van der Waals surface area contributed by atoms with E-state index in [4.69, 9.17) is 4.74 Å². The largest absolute Gasteiger partial charge is 0.383 e. The lowest BCUT2D eigenvalue weighted by atomic mass is 10.2. The highest BCUT2D eigenvalue weighted by Gasteiger charge is 2.13. The van der Waals surface area contributed by atoms with Gasteiger partial charge in [0.15, 0.2) is 5.16 Å². The molecule has 0 bridgehead atoms. The molecule has 0 saturated carbocycles. The molecule has 25 heavy (non-hydrogen) atoms. The third-order valence-corrected chi connectivity index (χ3v) is 5.05. The molecule has 0 spiro atoms. The number of carbonyl (C=O) groups excluding carboxylic acids is 1. The first-order valence-electron chi connectivity index (χ1n) is 8.15. The maximum Gasteiger partial charge on any atom is 0.262 e. The molecule has 1 amide bonds. The van der Waals surface area contributed by atoms with Crippen LogP contribution in [0.1, 0.15) is 19.8 Å². The summed E-state index contributed by atoms with van der Waals surface area (Å²) in [5.74, 6) is 0.174. The van der Waals surface area contributed by atoms with Crippen LogP contribution in [0.25, 0.3) is 10.9 Å². The van der Waals surface area contributed by atoms with Crippen LogP contribution in [0.3, 0.4) is 0 Å². The molecule has 1 N–H and O–H groups in total. The molecular formula is C17H22BrN3O3S. The van der Waals surface area contributed by atoms with E-state index in [1.807, 2.05) is 6.07 Å². The Morgan fingerprint density at radius 2 is 2.24 bits per heavy atom. The summed E-state index contributed by atoms with van der Waals surface area (Å²) >= 11 is 4.65. The fourth-order valence-corrected chi connectivity index (χ4v) is 3.46. The molecule has 2 aromatic rings. The topological polar surface area (TPSA) is 73.2 Å². The highest BCUT2D eigenvalue weighted by atomic mass is 79.9. The number of nitrogens with zero attached hydrogens (tertiary/aromatic N) is 2. The smallest absolute Gasteiger partial charge is 0.262 e. The fourth-order valence-electron chi connectivity index (χ4n) is 2.25. The van der Waals surface area contributed by atoms with Gasteiger partial charge in [-0.15, -0.1) is 0 Å². The van der Waals surface area contributed by atoms with Crippen LogP contribution < -0.4 is 10.9 Å². The summed E-state index contributed by atoms with van der Waals surface area (Å²) in [6.45, 7) is 3.54. The molecule has 1 aromatic carbocycles. The van der Waals surface area contributed by atoms with Crippen LogP contribution in [0.4, 0.5) is 0 Å². The SMILES string of the molecule is CCCCNC(=O)CSc1nc2ccc(Br)cc2c(=O)n1CCOC. The van der Waals surface area contributed by atoms with Gasteiger partial charge in [0.2, 0.25) is 5.91 Å². The second kappa shape index (κ2) is 9.94. The lowest BCUT2D eigenvalue weighted by Gasteiger charge is -2.13. The molecule has 0 aliphatic rings. The van der Waals surface area contributed by atoms with Crippen molar-refractivity contribution in [2.24, 2.45) is 0 Å². The normalized spacial score (nSPS) is 11.0. The van der Waals surface area contributed by atoms with E-state index in [-0.39, 0.29) is 17.2 Å². The van der Waals surface area contributed by atoms with Crippen LogP contribution in [-0.2, 0) is 16.1 Å². The predicted octanol–water partition coefficient (Wildman–Crippen LogP) is 2.81. The van der Waals surface area contributed by atoms with Gasteiger partial charge in [0.1, 0.15) is 0 Å². The Kier molecular flexibility index (Phi) is 7.92. The van der Waals surface area contributed by atoms with E-state index < -0.39 is 0 Å². The van der Waals surface area contributed by atoms with Gasteiger partial charge in [-0.25, -0.2) is 4.98 Å². The Morgan fingerprint density at radius 3 is 2.96 bits per heavy atom. The van der Waals surface area contributed by atoms with Crippen LogP contribution in [0.5, 0.6) is 0 Å². The quantitative estimate of drug-likeness (QED) is 0.378. The zero-order valence-corrected chi connectivity index (χ0v) is 16.8. The van der Waals surface area contributed by atoms with Gasteiger partial charge in [-0.2, -0.15) is 0 Å². The first-order valence-corrected chi connectivity index (χ1v) is 9.93. The highest BCUT2D eigenvalue weighted by Crippen LogP contribution is 2.20. The summed E-state index contributed by atoms with van der Waals surface area (Å²) in [4.78, 5) is 29.3. The van der Waals surface area contributed by atoms with Crippen molar-refractivity contribution in [2.45, 2.75) is 31.5 Å². The zero-order valence-electron chi connectivity index (χ0n) is 14.4. The number of benzene rings is 1. The molecule has 0 radical (unpaired) electrons. The maximum absolute atomic E-state index is 12.8. The monoisotopic (exact) mass is 427 g/mol. The molecule has 2 rings (SSSR count). The number of aromatic nitrogens is 2. The molecule has 0 saturated heterocycles. The van der Waals surface area contributed by atoms with Crippen molar-refractivity contribution in [3.8, 4) is 0 Å². The first kappa shape index (κ1) is 19.9. The molecule has 1 aromatic heterocycles. The molecular weight excluding hydrogens is 406 g/mol. The minimum atomic E-state index is -0.128. The molecule has 136 valence electrons. The van der Waals surface area contributed by atoms with E-state index in [1.54, 1.807) is 23.8 Å². The van der Waals surface area contributed by atoms with E-state index >= 15 is 0 Å². The van der Waals surface area contributed by atoms with Crippen LogP contribution >= 0.6 is 27.7 Å². The van der Waals surface area contributed by atoms with Gasteiger partial charge in [-0.1, -0.05) is 41.0 Å². The molecule has 0 fully saturated rings. The number of halogens is 1. The van der Waals surface area contributed by atoms with Gasteiger partial charge in [0, 0.05) is 18.1 Å². The molecule has 0 aliphatic heterocycles. The maximum atomic E-state index is 12.8. The average molecular weight is 428 g/mol. The number of methoxy groups -OCH3 is 1. The second-order valence-corrected chi connectivity index (χ2v) is 7.36. The number of hydrogen-bond acceptors (Lipinski definition) is 5. The minimum absolute atomic E-state index is 0.0538. The lowest BCUT2D eigenvalue weighted by molar-refractivity contribution is -0.118. The summed E-state index contributed by atoms with van der Waals surface area (Å²) < 4.78 is 7.50. The van der Waals surface area contributed by atoms with Gasteiger partial charge in [-0.05, 0) is 24.6 Å². The predicted molar refractivity (Wildman–Crippen MR) is 104 cm³/mol. The van der Waals surface area contributed by atoms with Gasteiger partial charge in [0.25, 0.3) is 5.56 Å². The lowest BCUT2D eigenvalue weighted by Crippen LogP contribution is -2.28. The molecule has 0 aliphatic carbocycles. The van der Waals surface area contributed by atoms with E-state index in [1.165, 1.54) is 11.8 Å². The van der Waals surface area contributed by atoms with Crippen LogP contribution in [-0.4, -0.2) is 41.5 Å². The molecule has 0 atom stereocenters. The van der Waals surface area contributed by atoms with E-state index in [9.17, 15) is 9.59 Å². The Hall–Kier alpha value is -1.38. The summed E-state index contributed by atoms with van der Waals surface area (Å²) in [6, 6.07) is 5.41. The standard InChI is InChI=1S/C17H22BrN3O3S/c1-3-4-7-19-15(22)11-25-17-20-14-6-5-12(18)10-13(14)16(23)21(17)8-9-24-2/h5-6,10H,3-4,7-9,11H2,1-2H3,(H,19,22). The third kappa shape index (κ3) is 5.55. The molecule has 8 heteroatoms. The number of fused-ring (bicyclic) bond motifs is 1. The number of ether oxygens (including phenoxy) is 1. The summed E-state index contributed by atoms with van der Waals surface area (Å²) in [5.41, 5.74) is 0.494. The number of thioether (sulfide) groups is 1. The van der Waals surface area contributed by atoms with Crippen molar-refractivity contribution in [3.63, 3.8) is 0 Å². The van der Waals surface area contributed by atoms with Crippen LogP contribution in [0.2, 0.25) is 0 Å². The summed E-state index contributed by atoms with van der Waals surface area (Å²) in [7, 11) is 1.59. The van der Waals surface area contributed by atoms with E-state index in [0.717, 1.165) is 17.3 Å². The fraction of sp³-hybridized carbons (Fsp3) is 0.471. The summed E-state index contributed by atoms with van der Waals surface area (Å²) in [6.07, 6.45) is 1.99. The molecule has 1 heterocycles. The Balaban J connectivity index is 2.25. The van der Waals surface area contributed by atoms with Gasteiger partial charge in [-0.3, -0.25) is 14.2 Å². The first-order chi connectivity index (χ1) is 12.1. The van der Waals surface area contributed by atoms with Crippen LogP contribution in [0, 0.1) is 0 Å². The number of carbonyl (C=O) groups is 1. The number of rotatable bonds is 9. The van der Waals surface area contributed by atoms with E-state index in [0.29, 0.717) is 35.8 Å². The summed E-state index contributed by atoms with van der Waals surface area (Å²) in [5, 5.41) is 3.94. The third-order valence-electron chi connectivity index (χ3n) is 3.59. The second-order valence-electron chi connectivity index (χ2n) is 5.50. The van der Waals surface area contributed by atoms with Crippen molar-refractivity contribution in [1.82, 2.24) is 14.9 Å². The van der Waals surface area contributed by atoms with Crippen LogP contribution in [0.15, 0.2) is 32.6 Å². The van der Waals surface area contributed by atoms with E-state index in [2.05, 4.69) is 33.2 Å². The Morgan fingerprint density at radius 1 is 1.44 bits per heavy atom. The Bertz CT molecular complexity index is 795. The molecule has 6 nitrogen and oxygen atoms in total. The van der Waals surface area contributed by atoms with Gasteiger partial charge in [0.05, 0.1) is 29.8 Å². The number of unbranched alkanes of at least 4 members (excludes halogenated alkanes) is 1. The average Bonchev–Trinajstić information content (AvgIpc) is 2.60. The van der Waals surface area contributed by atoms with Crippen molar-refractivity contribution < 1.29 is 9.53 Å². The number of nitrogens with one attached hydrogen (secondary N) is 1. The van der Waals surface area contributed by atoms with Crippen molar-refractivity contribution in [2.75, 3.05) is 26.0 Å². The molecule has 0 unspecified atom stereocenters. The Labute approximate surface area is 159 Å². The number of amides is 1. The van der Waals surface area contributed by atoms with Crippen molar-refractivity contribution in [3.05, 3.63) is 33.0 Å². The van der Waals surface area contributed by atoms with Gasteiger partial charge < -0.3 is 10.1 Å². The zero-order chi connectivity index (χ0) is 18.2. The number of hydrogen-bond donors (Lipinski definition) is 1. The minimum Gasteiger partial charge on any atom is -0.383 e.